The highest BCUT2D eigenvalue weighted by atomic mass is 32.2. The van der Waals surface area contributed by atoms with E-state index in [1.807, 2.05) is 0 Å². The average molecular weight is 287 g/mol. The van der Waals surface area contributed by atoms with Crippen LogP contribution in [0.1, 0.15) is 31.2 Å². The summed E-state index contributed by atoms with van der Waals surface area (Å²) in [5.74, 6) is -0.447. The van der Waals surface area contributed by atoms with Crippen molar-refractivity contribution in [3.8, 4) is 0 Å². The Bertz CT molecular complexity index is 551. The summed E-state index contributed by atoms with van der Waals surface area (Å²) in [5.41, 5.74) is 0.392. The minimum absolute atomic E-state index is 0.111. The lowest BCUT2D eigenvalue weighted by molar-refractivity contribution is 0.120. The number of sulfonamides is 1. The molecule has 1 aliphatic carbocycles. The summed E-state index contributed by atoms with van der Waals surface area (Å²) in [6, 6.07) is 3.48. The molecule has 2 rings (SSSR count). The highest BCUT2D eigenvalue weighted by Gasteiger charge is 2.25. The summed E-state index contributed by atoms with van der Waals surface area (Å²) >= 11 is 0. The fourth-order valence-electron chi connectivity index (χ4n) is 2.39. The summed E-state index contributed by atoms with van der Waals surface area (Å²) < 4.78 is 40.1. The molecule has 0 heterocycles. The molecule has 0 aliphatic heterocycles. The van der Waals surface area contributed by atoms with E-state index in [2.05, 4.69) is 4.72 Å². The lowest BCUT2D eigenvalue weighted by atomic mass is 9.94. The van der Waals surface area contributed by atoms with E-state index in [4.69, 9.17) is 0 Å². The first-order valence-electron chi connectivity index (χ1n) is 6.35. The Labute approximate surface area is 112 Å². The van der Waals surface area contributed by atoms with Gasteiger partial charge in [0.05, 0.1) is 11.0 Å². The molecule has 2 N–H and O–H groups in total. The van der Waals surface area contributed by atoms with E-state index < -0.39 is 15.8 Å². The molecule has 0 unspecified atom stereocenters. The van der Waals surface area contributed by atoms with Crippen molar-refractivity contribution < 1.29 is 17.9 Å². The number of rotatable bonds is 3. The van der Waals surface area contributed by atoms with Gasteiger partial charge in [0.2, 0.25) is 10.0 Å². The monoisotopic (exact) mass is 287 g/mol. The zero-order valence-corrected chi connectivity index (χ0v) is 11.6. The predicted octanol–water partition coefficient (Wildman–Crippen LogP) is 1.72. The van der Waals surface area contributed by atoms with Gasteiger partial charge in [0.25, 0.3) is 0 Å². The van der Waals surface area contributed by atoms with Crippen LogP contribution in [0, 0.1) is 12.7 Å². The molecule has 0 radical (unpaired) electrons. The highest BCUT2D eigenvalue weighted by Crippen LogP contribution is 2.22. The van der Waals surface area contributed by atoms with E-state index in [0.717, 1.165) is 6.07 Å². The Balaban J connectivity index is 2.14. The average Bonchev–Trinajstić information content (AvgIpc) is 2.31. The second kappa shape index (κ2) is 5.56. The molecule has 19 heavy (non-hydrogen) atoms. The second-order valence-corrected chi connectivity index (χ2v) is 6.72. The molecular formula is C13H18FNO3S. The summed E-state index contributed by atoms with van der Waals surface area (Å²) in [4.78, 5) is 0.111. The summed E-state index contributed by atoms with van der Waals surface area (Å²) in [6.07, 6.45) is 2.14. The number of aryl methyl sites for hydroxylation is 1. The van der Waals surface area contributed by atoms with Crippen LogP contribution in [0.25, 0.3) is 0 Å². The van der Waals surface area contributed by atoms with Crippen LogP contribution >= 0.6 is 0 Å². The molecule has 6 heteroatoms. The van der Waals surface area contributed by atoms with Crippen molar-refractivity contribution in [2.75, 3.05) is 0 Å². The molecule has 4 nitrogen and oxygen atoms in total. The van der Waals surface area contributed by atoms with Gasteiger partial charge < -0.3 is 5.11 Å². The first kappa shape index (κ1) is 14.4. The molecule has 1 aromatic carbocycles. The first-order chi connectivity index (χ1) is 8.88. The fraction of sp³-hybridized carbons (Fsp3) is 0.538. The van der Waals surface area contributed by atoms with Crippen LogP contribution < -0.4 is 4.72 Å². The molecule has 1 aliphatic rings. The summed E-state index contributed by atoms with van der Waals surface area (Å²) in [7, 11) is -3.62. The number of halogens is 1. The smallest absolute Gasteiger partial charge is 0.241 e. The molecular weight excluding hydrogens is 269 g/mol. The third-order valence-electron chi connectivity index (χ3n) is 3.45. The van der Waals surface area contributed by atoms with E-state index in [9.17, 15) is 17.9 Å². The van der Waals surface area contributed by atoms with Gasteiger partial charge in [0.1, 0.15) is 5.82 Å². The Morgan fingerprint density at radius 3 is 2.47 bits per heavy atom. The van der Waals surface area contributed by atoms with Crippen molar-refractivity contribution in [1.29, 1.82) is 0 Å². The van der Waals surface area contributed by atoms with Crippen LogP contribution in [0.5, 0.6) is 0 Å². The third-order valence-corrected chi connectivity index (χ3v) is 5.13. The Hall–Kier alpha value is -0.980. The minimum atomic E-state index is -3.62. The maximum atomic E-state index is 13.0. The number of nitrogens with one attached hydrogen (secondary N) is 1. The number of benzene rings is 1. The van der Waals surface area contributed by atoms with Crippen LogP contribution in [0.3, 0.4) is 0 Å². The van der Waals surface area contributed by atoms with E-state index in [1.165, 1.54) is 12.1 Å². The van der Waals surface area contributed by atoms with Gasteiger partial charge in [-0.3, -0.25) is 0 Å². The maximum absolute atomic E-state index is 13.0. The van der Waals surface area contributed by atoms with Gasteiger partial charge >= 0.3 is 0 Å². The second-order valence-electron chi connectivity index (χ2n) is 5.04. The molecule has 0 atom stereocenters. The van der Waals surface area contributed by atoms with Gasteiger partial charge in [-0.1, -0.05) is 0 Å². The topological polar surface area (TPSA) is 66.4 Å². The normalized spacial score (nSPS) is 24.4. The molecule has 1 saturated carbocycles. The van der Waals surface area contributed by atoms with Gasteiger partial charge in [-0.25, -0.2) is 17.5 Å². The fourth-order valence-corrected chi connectivity index (χ4v) is 3.92. The van der Waals surface area contributed by atoms with Crippen molar-refractivity contribution in [2.24, 2.45) is 0 Å². The van der Waals surface area contributed by atoms with E-state index >= 15 is 0 Å². The SMILES string of the molecule is Cc1cc(F)ccc1S(=O)(=O)NC1CCC(O)CC1. The van der Waals surface area contributed by atoms with Crippen molar-refractivity contribution in [3.63, 3.8) is 0 Å². The lowest BCUT2D eigenvalue weighted by Crippen LogP contribution is -2.38. The molecule has 1 fully saturated rings. The predicted molar refractivity (Wildman–Crippen MR) is 69.7 cm³/mol. The molecule has 106 valence electrons. The Morgan fingerprint density at radius 2 is 1.89 bits per heavy atom. The van der Waals surface area contributed by atoms with Gasteiger partial charge in [0.15, 0.2) is 0 Å². The van der Waals surface area contributed by atoms with Crippen LogP contribution in [0.4, 0.5) is 4.39 Å². The van der Waals surface area contributed by atoms with Crippen molar-refractivity contribution >= 4 is 10.0 Å². The summed E-state index contributed by atoms with van der Waals surface area (Å²) in [6.45, 7) is 1.57. The zero-order chi connectivity index (χ0) is 14.0. The van der Waals surface area contributed by atoms with Crippen LogP contribution in [0.2, 0.25) is 0 Å². The van der Waals surface area contributed by atoms with Gasteiger partial charge in [0, 0.05) is 6.04 Å². The van der Waals surface area contributed by atoms with E-state index in [0.29, 0.717) is 31.2 Å². The van der Waals surface area contributed by atoms with Crippen LogP contribution in [0.15, 0.2) is 23.1 Å². The van der Waals surface area contributed by atoms with Gasteiger partial charge in [-0.15, -0.1) is 0 Å². The molecule has 0 saturated heterocycles. The molecule has 0 spiro atoms. The quantitative estimate of drug-likeness (QED) is 0.889. The number of aliphatic hydroxyl groups is 1. The van der Waals surface area contributed by atoms with Crippen molar-refractivity contribution in [1.82, 2.24) is 4.72 Å². The van der Waals surface area contributed by atoms with Crippen LogP contribution in [-0.4, -0.2) is 25.7 Å². The lowest BCUT2D eigenvalue weighted by Gasteiger charge is -2.26. The van der Waals surface area contributed by atoms with Crippen molar-refractivity contribution in [2.45, 2.75) is 49.6 Å². The molecule has 0 aromatic heterocycles. The molecule has 1 aromatic rings. The van der Waals surface area contributed by atoms with E-state index in [1.54, 1.807) is 6.92 Å². The Kier molecular flexibility index (Phi) is 4.23. The first-order valence-corrected chi connectivity index (χ1v) is 7.83. The minimum Gasteiger partial charge on any atom is -0.393 e. The standard InChI is InChI=1S/C13H18FNO3S/c1-9-8-10(14)2-7-13(9)19(17,18)15-11-3-5-12(16)6-4-11/h2,7-8,11-12,15-16H,3-6H2,1H3. The molecule has 0 amide bonds. The molecule has 0 bridgehead atoms. The number of hydrogen-bond acceptors (Lipinski definition) is 3. The van der Waals surface area contributed by atoms with Gasteiger partial charge in [-0.2, -0.15) is 0 Å². The third kappa shape index (κ3) is 3.52. The maximum Gasteiger partial charge on any atom is 0.241 e. The highest BCUT2D eigenvalue weighted by molar-refractivity contribution is 7.89. The number of aliphatic hydroxyl groups excluding tert-OH is 1. The van der Waals surface area contributed by atoms with Crippen LogP contribution in [-0.2, 0) is 10.0 Å². The zero-order valence-electron chi connectivity index (χ0n) is 10.8. The van der Waals surface area contributed by atoms with E-state index in [-0.39, 0.29) is 17.0 Å². The number of hydrogen-bond donors (Lipinski definition) is 2. The summed E-state index contributed by atoms with van der Waals surface area (Å²) in [5, 5.41) is 9.40. The largest absolute Gasteiger partial charge is 0.393 e. The van der Waals surface area contributed by atoms with Crippen molar-refractivity contribution in [3.05, 3.63) is 29.6 Å². The Morgan fingerprint density at radius 1 is 1.26 bits per heavy atom. The van der Waals surface area contributed by atoms with Gasteiger partial charge in [-0.05, 0) is 56.4 Å².